The molecule has 0 saturated heterocycles. The Hall–Kier alpha value is -0.190. The van der Waals surface area contributed by atoms with Crippen molar-refractivity contribution in [3.63, 3.8) is 0 Å². The first-order chi connectivity index (χ1) is 6.68. The van der Waals surface area contributed by atoms with Crippen LogP contribution in [0, 0.1) is 5.92 Å². The number of likely N-dealkylation sites (N-methyl/N-ethyl adjacent to an activating group) is 1. The van der Waals surface area contributed by atoms with Crippen molar-refractivity contribution in [3.05, 3.63) is 0 Å². The van der Waals surface area contributed by atoms with Gasteiger partial charge in [-0.05, 0) is 25.8 Å². The van der Waals surface area contributed by atoms with E-state index in [4.69, 9.17) is 22.7 Å². The molecule has 1 rings (SSSR count). The van der Waals surface area contributed by atoms with Crippen molar-refractivity contribution in [1.82, 2.24) is 4.90 Å². The molecule has 3 nitrogen and oxygen atoms in total. The Morgan fingerprint density at radius 1 is 1.50 bits per heavy atom. The van der Waals surface area contributed by atoms with Gasteiger partial charge in [0.2, 0.25) is 0 Å². The van der Waals surface area contributed by atoms with Gasteiger partial charge in [-0.15, -0.1) is 0 Å². The highest BCUT2D eigenvalue weighted by Gasteiger charge is 2.20. The molecule has 0 spiro atoms. The minimum Gasteiger partial charge on any atom is -0.393 e. The van der Waals surface area contributed by atoms with Crippen LogP contribution in [-0.4, -0.2) is 43.2 Å². The molecule has 0 unspecified atom stereocenters. The van der Waals surface area contributed by atoms with Crippen molar-refractivity contribution >= 4 is 17.2 Å². The molecule has 0 atom stereocenters. The lowest BCUT2D eigenvalue weighted by Crippen LogP contribution is -2.27. The average Bonchev–Trinajstić information content (AvgIpc) is 2.92. The fourth-order valence-corrected chi connectivity index (χ4v) is 1.26. The highest BCUT2D eigenvalue weighted by molar-refractivity contribution is 7.80. The van der Waals surface area contributed by atoms with Crippen molar-refractivity contribution in [2.75, 3.05) is 33.4 Å². The second-order valence-electron chi connectivity index (χ2n) is 4.04. The normalized spacial score (nSPS) is 16.1. The Bertz CT molecular complexity index is 183. The third-order valence-corrected chi connectivity index (χ3v) is 2.61. The molecule has 1 saturated carbocycles. The maximum absolute atomic E-state index is 5.53. The number of ether oxygens (including phenoxy) is 1. The minimum atomic E-state index is 0.593. The number of hydrogen-bond donors (Lipinski definition) is 1. The molecule has 14 heavy (non-hydrogen) atoms. The molecule has 1 aliphatic carbocycles. The molecular formula is C10H20N2OS. The first-order valence-electron chi connectivity index (χ1n) is 5.23. The minimum absolute atomic E-state index is 0.593. The summed E-state index contributed by atoms with van der Waals surface area (Å²) >= 11 is 4.81. The molecule has 0 aliphatic heterocycles. The second kappa shape index (κ2) is 6.32. The number of nitrogens with two attached hydrogens (primary N) is 1. The SMILES string of the molecule is CN(CCOCC1CC1)CCC(N)=S. The van der Waals surface area contributed by atoms with Crippen LogP contribution in [-0.2, 0) is 4.74 Å². The Kier molecular flexibility index (Phi) is 5.37. The number of hydrogen-bond acceptors (Lipinski definition) is 3. The molecule has 1 aliphatic rings. The fourth-order valence-electron chi connectivity index (χ4n) is 1.17. The standard InChI is InChI=1S/C10H20N2OS/c1-12(5-4-10(11)14)6-7-13-8-9-2-3-9/h9H,2-8H2,1H3,(H2,11,14). The molecule has 82 valence electrons. The predicted molar refractivity (Wildman–Crippen MR) is 62.4 cm³/mol. The molecule has 0 aromatic carbocycles. The van der Waals surface area contributed by atoms with E-state index in [-0.39, 0.29) is 0 Å². The summed E-state index contributed by atoms with van der Waals surface area (Å²) in [4.78, 5) is 2.79. The van der Waals surface area contributed by atoms with Crippen LogP contribution in [0.3, 0.4) is 0 Å². The highest BCUT2D eigenvalue weighted by Crippen LogP contribution is 2.28. The van der Waals surface area contributed by atoms with Gasteiger partial charge in [0.05, 0.1) is 11.6 Å². The molecule has 2 N–H and O–H groups in total. The Labute approximate surface area is 91.6 Å². The lowest BCUT2D eigenvalue weighted by Gasteiger charge is -2.15. The third kappa shape index (κ3) is 6.29. The van der Waals surface area contributed by atoms with Crippen molar-refractivity contribution in [2.45, 2.75) is 19.3 Å². The van der Waals surface area contributed by atoms with Crippen LogP contribution in [0.25, 0.3) is 0 Å². The molecule has 0 aromatic heterocycles. The largest absolute Gasteiger partial charge is 0.393 e. The van der Waals surface area contributed by atoms with Crippen molar-refractivity contribution < 1.29 is 4.74 Å². The van der Waals surface area contributed by atoms with E-state index in [1.807, 2.05) is 0 Å². The predicted octanol–water partition coefficient (Wildman–Crippen LogP) is 1.02. The van der Waals surface area contributed by atoms with Gasteiger partial charge in [-0.2, -0.15) is 0 Å². The van der Waals surface area contributed by atoms with Crippen molar-refractivity contribution in [1.29, 1.82) is 0 Å². The van der Waals surface area contributed by atoms with E-state index in [9.17, 15) is 0 Å². The van der Waals surface area contributed by atoms with Gasteiger partial charge in [0.25, 0.3) is 0 Å². The van der Waals surface area contributed by atoms with Crippen LogP contribution in [0.1, 0.15) is 19.3 Å². The van der Waals surface area contributed by atoms with E-state index < -0.39 is 0 Å². The van der Waals surface area contributed by atoms with Crippen LogP contribution in [0.4, 0.5) is 0 Å². The van der Waals surface area contributed by atoms with E-state index in [1.54, 1.807) is 0 Å². The van der Waals surface area contributed by atoms with E-state index >= 15 is 0 Å². The van der Waals surface area contributed by atoms with Crippen LogP contribution in [0.5, 0.6) is 0 Å². The van der Waals surface area contributed by atoms with E-state index in [0.717, 1.165) is 38.6 Å². The average molecular weight is 216 g/mol. The van der Waals surface area contributed by atoms with Crippen LogP contribution in [0.15, 0.2) is 0 Å². The Morgan fingerprint density at radius 3 is 2.79 bits per heavy atom. The summed E-state index contributed by atoms with van der Waals surface area (Å²) in [7, 11) is 2.07. The summed E-state index contributed by atoms with van der Waals surface area (Å²) in [5.41, 5.74) is 5.42. The zero-order valence-electron chi connectivity index (χ0n) is 8.87. The number of rotatable bonds is 8. The van der Waals surface area contributed by atoms with Crippen LogP contribution in [0.2, 0.25) is 0 Å². The van der Waals surface area contributed by atoms with Gasteiger partial charge in [-0.3, -0.25) is 0 Å². The zero-order chi connectivity index (χ0) is 10.4. The first-order valence-corrected chi connectivity index (χ1v) is 5.64. The number of thiocarbonyl (C=S) groups is 1. The van der Waals surface area contributed by atoms with Gasteiger partial charge in [-0.1, -0.05) is 12.2 Å². The smallest absolute Gasteiger partial charge is 0.0740 e. The second-order valence-corrected chi connectivity index (χ2v) is 4.56. The monoisotopic (exact) mass is 216 g/mol. The van der Waals surface area contributed by atoms with Crippen LogP contribution >= 0.6 is 12.2 Å². The summed E-state index contributed by atoms with van der Waals surface area (Å²) in [5.74, 6) is 0.858. The van der Waals surface area contributed by atoms with E-state index in [2.05, 4.69) is 11.9 Å². The van der Waals surface area contributed by atoms with Gasteiger partial charge in [-0.25, -0.2) is 0 Å². The van der Waals surface area contributed by atoms with Gasteiger partial charge in [0, 0.05) is 26.1 Å². The van der Waals surface area contributed by atoms with Gasteiger partial charge in [0.15, 0.2) is 0 Å². The summed E-state index contributed by atoms with van der Waals surface area (Å²) in [6.07, 6.45) is 3.52. The molecule has 0 radical (unpaired) electrons. The van der Waals surface area contributed by atoms with Gasteiger partial charge >= 0.3 is 0 Å². The van der Waals surface area contributed by atoms with E-state index in [1.165, 1.54) is 12.8 Å². The first kappa shape index (κ1) is 11.9. The quantitative estimate of drug-likeness (QED) is 0.486. The summed E-state index contributed by atoms with van der Waals surface area (Å²) in [6.45, 7) is 3.67. The van der Waals surface area contributed by atoms with Crippen LogP contribution < -0.4 is 5.73 Å². The Morgan fingerprint density at radius 2 is 2.21 bits per heavy atom. The maximum Gasteiger partial charge on any atom is 0.0740 e. The highest BCUT2D eigenvalue weighted by atomic mass is 32.1. The summed E-state index contributed by atoms with van der Waals surface area (Å²) in [6, 6.07) is 0. The molecule has 0 amide bonds. The third-order valence-electron chi connectivity index (χ3n) is 2.41. The summed E-state index contributed by atoms with van der Waals surface area (Å²) < 4.78 is 5.53. The lowest BCUT2D eigenvalue weighted by atomic mass is 10.4. The fraction of sp³-hybridized carbons (Fsp3) is 0.900. The molecular weight excluding hydrogens is 196 g/mol. The van der Waals surface area contributed by atoms with Crippen molar-refractivity contribution in [2.24, 2.45) is 11.7 Å². The van der Waals surface area contributed by atoms with Crippen molar-refractivity contribution in [3.8, 4) is 0 Å². The molecule has 0 aromatic rings. The Balaban J connectivity index is 1.85. The number of nitrogens with zero attached hydrogens (tertiary/aromatic N) is 1. The molecule has 4 heteroatoms. The zero-order valence-corrected chi connectivity index (χ0v) is 9.68. The molecule has 1 fully saturated rings. The molecule has 0 bridgehead atoms. The summed E-state index contributed by atoms with van der Waals surface area (Å²) in [5, 5.41) is 0. The molecule has 0 heterocycles. The lowest BCUT2D eigenvalue weighted by molar-refractivity contribution is 0.104. The van der Waals surface area contributed by atoms with Gasteiger partial charge < -0.3 is 15.4 Å². The van der Waals surface area contributed by atoms with Gasteiger partial charge in [0.1, 0.15) is 0 Å². The maximum atomic E-state index is 5.53. The topological polar surface area (TPSA) is 38.5 Å². The van der Waals surface area contributed by atoms with E-state index in [0.29, 0.717) is 4.99 Å².